The van der Waals surface area contributed by atoms with Gasteiger partial charge in [-0.05, 0) is 30.4 Å². The molecule has 0 bridgehead atoms. The number of hydrogen-bond donors (Lipinski definition) is 0. The summed E-state index contributed by atoms with van der Waals surface area (Å²) in [4.78, 5) is 6.88. The van der Waals surface area contributed by atoms with Gasteiger partial charge in [0.2, 0.25) is 11.7 Å². The normalized spacial score (nSPS) is 23.4. The Morgan fingerprint density at radius 3 is 2.76 bits per heavy atom. The van der Waals surface area contributed by atoms with E-state index in [1.165, 1.54) is 6.42 Å². The quantitative estimate of drug-likeness (QED) is 0.863. The van der Waals surface area contributed by atoms with E-state index in [-0.39, 0.29) is 0 Å². The Hall–Kier alpha value is -1.39. The van der Waals surface area contributed by atoms with Crippen LogP contribution in [0.3, 0.4) is 0 Å². The van der Waals surface area contributed by atoms with Crippen molar-refractivity contribution in [1.82, 2.24) is 15.0 Å². The smallest absolute Gasteiger partial charge is 0.241 e. The maximum atomic E-state index is 5.99. The predicted octanol–water partition coefficient (Wildman–Crippen LogP) is 3.87. The highest BCUT2D eigenvalue weighted by Crippen LogP contribution is 2.23. The van der Waals surface area contributed by atoms with E-state index < -0.39 is 0 Å². The third kappa shape index (κ3) is 3.63. The third-order valence-corrected chi connectivity index (χ3v) is 4.09. The minimum absolute atomic E-state index is 0.602. The van der Waals surface area contributed by atoms with Gasteiger partial charge in [-0.2, -0.15) is 4.98 Å². The highest BCUT2D eigenvalue weighted by molar-refractivity contribution is 6.30. The molecule has 1 aromatic carbocycles. The fourth-order valence-corrected chi connectivity index (χ4v) is 3.37. The Balaban J connectivity index is 1.70. The molecule has 1 saturated heterocycles. The van der Waals surface area contributed by atoms with Crippen LogP contribution < -0.4 is 0 Å². The lowest BCUT2D eigenvalue weighted by atomic mass is 9.92. The van der Waals surface area contributed by atoms with Crippen LogP contribution in [-0.2, 0) is 6.54 Å². The van der Waals surface area contributed by atoms with Crippen LogP contribution in [0.1, 0.15) is 26.2 Å². The molecule has 5 heteroatoms. The number of likely N-dealkylation sites (tertiary alicyclic amines) is 1. The standard InChI is InChI=1S/C16H20ClN3O/c1-11-6-12(2)9-20(8-11)10-15-18-16(19-21-15)13-4-3-5-14(17)7-13/h3-5,7,11-12H,6,8-10H2,1-2H3/t11-,12-/m0/s1. The highest BCUT2D eigenvalue weighted by atomic mass is 35.5. The van der Waals surface area contributed by atoms with Gasteiger partial charge in [-0.25, -0.2) is 0 Å². The van der Waals surface area contributed by atoms with Crippen molar-refractivity contribution < 1.29 is 4.52 Å². The molecule has 0 amide bonds. The molecule has 112 valence electrons. The number of rotatable bonds is 3. The number of nitrogens with zero attached hydrogens (tertiary/aromatic N) is 3. The molecule has 1 fully saturated rings. The second kappa shape index (κ2) is 6.16. The fraction of sp³-hybridized carbons (Fsp3) is 0.500. The van der Waals surface area contributed by atoms with Gasteiger partial charge in [0.1, 0.15) is 0 Å². The van der Waals surface area contributed by atoms with Crippen molar-refractivity contribution in [1.29, 1.82) is 0 Å². The lowest BCUT2D eigenvalue weighted by Crippen LogP contribution is -2.38. The van der Waals surface area contributed by atoms with Gasteiger partial charge >= 0.3 is 0 Å². The van der Waals surface area contributed by atoms with E-state index in [2.05, 4.69) is 28.9 Å². The van der Waals surface area contributed by atoms with E-state index in [1.807, 2.05) is 24.3 Å². The van der Waals surface area contributed by atoms with E-state index in [0.29, 0.717) is 16.7 Å². The van der Waals surface area contributed by atoms with Crippen LogP contribution in [0.25, 0.3) is 11.4 Å². The van der Waals surface area contributed by atoms with E-state index in [1.54, 1.807) is 0 Å². The van der Waals surface area contributed by atoms with E-state index in [0.717, 1.165) is 37.0 Å². The Bertz CT molecular complexity index is 603. The molecule has 0 N–H and O–H groups in total. The largest absolute Gasteiger partial charge is 0.338 e. The Morgan fingerprint density at radius 1 is 1.29 bits per heavy atom. The second-order valence-corrected chi connectivity index (χ2v) is 6.60. The van der Waals surface area contributed by atoms with Crippen LogP contribution >= 0.6 is 11.6 Å². The molecular formula is C16H20ClN3O. The molecule has 2 aromatic rings. The molecule has 3 rings (SSSR count). The average molecular weight is 306 g/mol. The van der Waals surface area contributed by atoms with Crippen LogP contribution in [-0.4, -0.2) is 28.1 Å². The van der Waals surface area contributed by atoms with E-state index >= 15 is 0 Å². The van der Waals surface area contributed by atoms with Crippen LogP contribution in [0.4, 0.5) is 0 Å². The first kappa shape index (κ1) is 14.5. The SMILES string of the molecule is C[C@H]1C[C@H](C)CN(Cc2nc(-c3cccc(Cl)c3)no2)C1. The van der Waals surface area contributed by atoms with Gasteiger partial charge in [0, 0.05) is 23.7 Å². The van der Waals surface area contributed by atoms with Gasteiger partial charge in [0.15, 0.2) is 0 Å². The first-order valence-corrected chi connectivity index (χ1v) is 7.79. The van der Waals surface area contributed by atoms with E-state index in [9.17, 15) is 0 Å². The molecular weight excluding hydrogens is 286 g/mol. The summed E-state index contributed by atoms with van der Waals surface area (Å²) in [5.74, 6) is 2.73. The molecule has 21 heavy (non-hydrogen) atoms. The Labute approximate surface area is 130 Å². The minimum atomic E-state index is 0.602. The third-order valence-electron chi connectivity index (χ3n) is 3.85. The van der Waals surface area contributed by atoms with Gasteiger partial charge in [-0.3, -0.25) is 4.90 Å². The van der Waals surface area contributed by atoms with Gasteiger partial charge in [-0.15, -0.1) is 0 Å². The molecule has 1 aliphatic rings. The monoisotopic (exact) mass is 305 g/mol. The van der Waals surface area contributed by atoms with Crippen LogP contribution in [0.15, 0.2) is 28.8 Å². The average Bonchev–Trinajstić information content (AvgIpc) is 2.86. The molecule has 1 aliphatic heterocycles. The summed E-state index contributed by atoms with van der Waals surface area (Å²) in [6.07, 6.45) is 1.30. The van der Waals surface area contributed by atoms with Crippen molar-refractivity contribution in [2.24, 2.45) is 11.8 Å². The molecule has 4 nitrogen and oxygen atoms in total. The lowest BCUT2D eigenvalue weighted by molar-refractivity contribution is 0.121. The number of halogens is 1. The maximum absolute atomic E-state index is 5.99. The lowest BCUT2D eigenvalue weighted by Gasteiger charge is -2.33. The molecule has 0 aliphatic carbocycles. The van der Waals surface area contributed by atoms with Gasteiger partial charge in [0.05, 0.1) is 6.54 Å². The summed E-state index contributed by atoms with van der Waals surface area (Å²) >= 11 is 5.99. The summed E-state index contributed by atoms with van der Waals surface area (Å²) < 4.78 is 5.39. The molecule has 1 aromatic heterocycles. The van der Waals surface area contributed by atoms with Crippen LogP contribution in [0.5, 0.6) is 0 Å². The zero-order chi connectivity index (χ0) is 14.8. The summed E-state index contributed by atoms with van der Waals surface area (Å²) in [6, 6.07) is 7.51. The topological polar surface area (TPSA) is 42.2 Å². The molecule has 0 unspecified atom stereocenters. The maximum Gasteiger partial charge on any atom is 0.241 e. The van der Waals surface area contributed by atoms with Crippen molar-refractivity contribution in [2.75, 3.05) is 13.1 Å². The highest BCUT2D eigenvalue weighted by Gasteiger charge is 2.23. The second-order valence-electron chi connectivity index (χ2n) is 6.16. The number of benzene rings is 1. The number of hydrogen-bond acceptors (Lipinski definition) is 4. The molecule has 2 heterocycles. The predicted molar refractivity (Wildman–Crippen MR) is 83.0 cm³/mol. The zero-order valence-electron chi connectivity index (χ0n) is 12.4. The Morgan fingerprint density at radius 2 is 2.05 bits per heavy atom. The van der Waals surface area contributed by atoms with Crippen molar-refractivity contribution in [3.63, 3.8) is 0 Å². The van der Waals surface area contributed by atoms with E-state index in [4.69, 9.17) is 16.1 Å². The number of piperidine rings is 1. The minimum Gasteiger partial charge on any atom is -0.338 e. The first-order valence-electron chi connectivity index (χ1n) is 7.41. The summed E-state index contributed by atoms with van der Waals surface area (Å²) in [7, 11) is 0. The van der Waals surface area contributed by atoms with Crippen molar-refractivity contribution >= 4 is 11.6 Å². The molecule has 0 spiro atoms. The summed E-state index contributed by atoms with van der Waals surface area (Å²) in [5.41, 5.74) is 0.887. The van der Waals surface area contributed by atoms with Crippen LogP contribution in [0.2, 0.25) is 5.02 Å². The summed E-state index contributed by atoms with van der Waals surface area (Å²) in [5, 5.41) is 4.74. The molecule has 0 radical (unpaired) electrons. The number of aromatic nitrogens is 2. The van der Waals surface area contributed by atoms with Gasteiger partial charge in [-0.1, -0.05) is 42.7 Å². The van der Waals surface area contributed by atoms with Crippen molar-refractivity contribution in [2.45, 2.75) is 26.8 Å². The van der Waals surface area contributed by atoms with Gasteiger partial charge < -0.3 is 4.52 Å². The molecule has 0 saturated carbocycles. The molecule has 2 atom stereocenters. The van der Waals surface area contributed by atoms with Crippen LogP contribution in [0, 0.1) is 11.8 Å². The first-order chi connectivity index (χ1) is 10.1. The van der Waals surface area contributed by atoms with Gasteiger partial charge in [0.25, 0.3) is 0 Å². The summed E-state index contributed by atoms with van der Waals surface area (Å²) in [6.45, 7) is 7.52. The zero-order valence-corrected chi connectivity index (χ0v) is 13.2. The fourth-order valence-electron chi connectivity index (χ4n) is 3.18. The van der Waals surface area contributed by atoms with Crippen molar-refractivity contribution in [3.8, 4) is 11.4 Å². The Kier molecular flexibility index (Phi) is 4.27. The van der Waals surface area contributed by atoms with Crippen molar-refractivity contribution in [3.05, 3.63) is 35.2 Å².